The maximum atomic E-state index is 13.7. The lowest BCUT2D eigenvalue weighted by Crippen LogP contribution is -2.27. The summed E-state index contributed by atoms with van der Waals surface area (Å²) < 4.78 is 20.7. The maximum Gasteiger partial charge on any atom is 0.350 e. The van der Waals surface area contributed by atoms with Crippen LogP contribution in [0.5, 0.6) is 5.88 Å². The zero-order valence-electron chi connectivity index (χ0n) is 13.9. The molecule has 2 rings (SSSR count). The lowest BCUT2D eigenvalue weighted by Gasteiger charge is -2.09. The minimum Gasteiger partial charge on any atom is -0.475 e. The normalized spacial score (nSPS) is 12.4. The van der Waals surface area contributed by atoms with E-state index in [1.165, 1.54) is 21.1 Å². The second-order valence-electron chi connectivity index (χ2n) is 5.08. The second kappa shape index (κ2) is 7.07. The van der Waals surface area contributed by atoms with Gasteiger partial charge in [-0.05, 0) is 13.8 Å². The Morgan fingerprint density at radius 2 is 2.24 bits per heavy atom. The molecular weight excluding hydrogens is 337 g/mol. The van der Waals surface area contributed by atoms with Crippen LogP contribution in [0.25, 0.3) is 0 Å². The molecule has 0 bridgehead atoms. The predicted octanol–water partition coefficient (Wildman–Crippen LogP) is 0.692. The fourth-order valence-electron chi connectivity index (χ4n) is 2.00. The van der Waals surface area contributed by atoms with Crippen LogP contribution in [-0.2, 0) is 11.8 Å². The SMILES string of the molecule is COc1nn(C(C)C(=O)NN=Cc2c(C)nn(C)c2F)cc1[N+](=O)[O-]. The molecule has 2 heterocycles. The topological polar surface area (TPSA) is 129 Å². The minimum atomic E-state index is -0.903. The number of aryl methyl sites for hydroxylation is 2. The van der Waals surface area contributed by atoms with E-state index >= 15 is 0 Å². The smallest absolute Gasteiger partial charge is 0.350 e. The van der Waals surface area contributed by atoms with Crippen LogP contribution in [0.15, 0.2) is 11.3 Å². The number of aromatic nitrogens is 4. The molecule has 2 aromatic rings. The fraction of sp³-hybridized carbons (Fsp3) is 0.385. The van der Waals surface area contributed by atoms with E-state index in [1.807, 2.05) is 0 Å². The van der Waals surface area contributed by atoms with Gasteiger partial charge in [-0.3, -0.25) is 14.9 Å². The number of nitrogens with one attached hydrogen (secondary N) is 1. The van der Waals surface area contributed by atoms with Crippen LogP contribution in [0.3, 0.4) is 0 Å². The number of amides is 1. The van der Waals surface area contributed by atoms with E-state index in [0.29, 0.717) is 5.69 Å². The Morgan fingerprint density at radius 1 is 1.56 bits per heavy atom. The highest BCUT2D eigenvalue weighted by Crippen LogP contribution is 2.25. The van der Waals surface area contributed by atoms with Crippen molar-refractivity contribution in [2.75, 3.05) is 7.11 Å². The lowest BCUT2D eigenvalue weighted by atomic mass is 10.3. The molecule has 134 valence electrons. The van der Waals surface area contributed by atoms with Crippen molar-refractivity contribution in [1.82, 2.24) is 25.0 Å². The molecule has 0 saturated heterocycles. The van der Waals surface area contributed by atoms with Gasteiger partial charge in [-0.15, -0.1) is 5.10 Å². The number of methoxy groups -OCH3 is 1. The minimum absolute atomic E-state index is 0.145. The molecule has 0 aliphatic rings. The van der Waals surface area contributed by atoms with Gasteiger partial charge in [0.25, 0.3) is 5.91 Å². The molecule has 0 fully saturated rings. The van der Waals surface area contributed by atoms with Crippen LogP contribution >= 0.6 is 0 Å². The van der Waals surface area contributed by atoms with Gasteiger partial charge in [-0.1, -0.05) is 0 Å². The third kappa shape index (κ3) is 3.62. The van der Waals surface area contributed by atoms with Gasteiger partial charge in [0.2, 0.25) is 5.95 Å². The Balaban J connectivity index is 2.10. The first-order valence-corrected chi connectivity index (χ1v) is 7.05. The number of nitrogens with zero attached hydrogens (tertiary/aromatic N) is 6. The molecule has 1 N–H and O–H groups in total. The number of hydrazone groups is 1. The average Bonchev–Trinajstić information content (AvgIpc) is 3.10. The van der Waals surface area contributed by atoms with Crippen LogP contribution < -0.4 is 10.2 Å². The van der Waals surface area contributed by atoms with Crippen molar-refractivity contribution in [2.24, 2.45) is 12.1 Å². The monoisotopic (exact) mass is 353 g/mol. The van der Waals surface area contributed by atoms with Gasteiger partial charge in [0, 0.05) is 7.05 Å². The van der Waals surface area contributed by atoms with Crippen molar-refractivity contribution in [3.63, 3.8) is 0 Å². The molecule has 0 aliphatic heterocycles. The molecule has 1 amide bonds. The highest BCUT2D eigenvalue weighted by Gasteiger charge is 2.25. The Morgan fingerprint density at radius 3 is 2.72 bits per heavy atom. The summed E-state index contributed by atoms with van der Waals surface area (Å²) in [4.78, 5) is 22.3. The molecule has 11 nitrogen and oxygen atoms in total. The van der Waals surface area contributed by atoms with E-state index < -0.39 is 22.8 Å². The number of ether oxygens (including phenoxy) is 1. The Kier molecular flexibility index (Phi) is 5.10. The van der Waals surface area contributed by atoms with Crippen LogP contribution in [0, 0.1) is 23.0 Å². The van der Waals surface area contributed by atoms with Crippen LogP contribution in [0.4, 0.5) is 10.1 Å². The van der Waals surface area contributed by atoms with Gasteiger partial charge in [0.1, 0.15) is 12.2 Å². The highest BCUT2D eigenvalue weighted by molar-refractivity contribution is 5.84. The van der Waals surface area contributed by atoms with Gasteiger partial charge in [0.15, 0.2) is 0 Å². The molecule has 2 aromatic heterocycles. The maximum absolute atomic E-state index is 13.7. The molecule has 25 heavy (non-hydrogen) atoms. The molecule has 0 aromatic carbocycles. The molecule has 0 spiro atoms. The van der Waals surface area contributed by atoms with Gasteiger partial charge in [0.05, 0.1) is 29.5 Å². The number of hydrogen-bond donors (Lipinski definition) is 1. The van der Waals surface area contributed by atoms with Crippen molar-refractivity contribution in [1.29, 1.82) is 0 Å². The number of rotatable bonds is 6. The summed E-state index contributed by atoms with van der Waals surface area (Å²) >= 11 is 0. The van der Waals surface area contributed by atoms with Crippen LogP contribution in [0.1, 0.15) is 24.2 Å². The predicted molar refractivity (Wildman–Crippen MR) is 83.8 cm³/mol. The van der Waals surface area contributed by atoms with E-state index in [4.69, 9.17) is 4.74 Å². The first-order valence-electron chi connectivity index (χ1n) is 7.05. The molecule has 0 aliphatic carbocycles. The van der Waals surface area contributed by atoms with Crippen molar-refractivity contribution < 1.29 is 18.8 Å². The van der Waals surface area contributed by atoms with Gasteiger partial charge >= 0.3 is 11.6 Å². The second-order valence-corrected chi connectivity index (χ2v) is 5.08. The van der Waals surface area contributed by atoms with E-state index in [1.54, 1.807) is 6.92 Å². The highest BCUT2D eigenvalue weighted by atomic mass is 19.1. The van der Waals surface area contributed by atoms with E-state index in [2.05, 4.69) is 20.7 Å². The van der Waals surface area contributed by atoms with Crippen LogP contribution in [-0.4, -0.2) is 43.7 Å². The molecule has 0 saturated carbocycles. The van der Waals surface area contributed by atoms with Crippen molar-refractivity contribution in [3.05, 3.63) is 33.5 Å². The summed E-state index contributed by atoms with van der Waals surface area (Å²) in [5, 5.41) is 22.3. The molecule has 0 radical (unpaired) electrons. The number of carbonyl (C=O) groups excluding carboxylic acids is 1. The van der Waals surface area contributed by atoms with Crippen LogP contribution in [0.2, 0.25) is 0 Å². The molecule has 1 unspecified atom stereocenters. The Bertz CT molecular complexity index is 842. The lowest BCUT2D eigenvalue weighted by molar-refractivity contribution is -0.385. The quantitative estimate of drug-likeness (QED) is 0.462. The van der Waals surface area contributed by atoms with Gasteiger partial charge < -0.3 is 4.74 Å². The number of hydrogen-bond acceptors (Lipinski definition) is 7. The van der Waals surface area contributed by atoms with E-state index in [0.717, 1.165) is 21.8 Å². The van der Waals surface area contributed by atoms with Crippen molar-refractivity contribution >= 4 is 17.8 Å². The average molecular weight is 353 g/mol. The molecule has 1 atom stereocenters. The third-order valence-corrected chi connectivity index (χ3v) is 3.41. The van der Waals surface area contributed by atoms with E-state index in [-0.39, 0.29) is 17.1 Å². The van der Waals surface area contributed by atoms with Crippen molar-refractivity contribution in [2.45, 2.75) is 19.9 Å². The first-order chi connectivity index (χ1) is 11.8. The van der Waals surface area contributed by atoms with E-state index in [9.17, 15) is 19.3 Å². The zero-order valence-corrected chi connectivity index (χ0v) is 13.9. The number of halogens is 1. The van der Waals surface area contributed by atoms with Gasteiger partial charge in [-0.25, -0.2) is 14.8 Å². The summed E-state index contributed by atoms with van der Waals surface area (Å²) in [5.74, 6) is -1.39. The summed E-state index contributed by atoms with van der Waals surface area (Å²) in [6.07, 6.45) is 2.21. The fourth-order valence-corrected chi connectivity index (χ4v) is 2.00. The van der Waals surface area contributed by atoms with Gasteiger partial charge in [-0.2, -0.15) is 14.6 Å². The summed E-state index contributed by atoms with van der Waals surface area (Å²) in [6, 6.07) is -0.903. The van der Waals surface area contributed by atoms with Crippen molar-refractivity contribution in [3.8, 4) is 5.88 Å². The number of carbonyl (C=O) groups is 1. The number of nitro groups is 1. The Hall–Kier alpha value is -3.31. The summed E-state index contributed by atoms with van der Waals surface area (Å²) in [5.41, 5.74) is 2.42. The molecule has 12 heteroatoms. The zero-order chi connectivity index (χ0) is 18.7. The Labute approximate surface area is 141 Å². The first kappa shape index (κ1) is 18.0. The largest absolute Gasteiger partial charge is 0.475 e. The standard InChI is InChI=1S/C13H16FN7O4/c1-7-9(11(14)19(3)17-7)5-15-16-12(22)8(2)20-6-10(21(23)24)13(18-20)25-4/h5-6,8H,1-4H3,(H,16,22). The molecular formula is C13H16FN7O4. The summed E-state index contributed by atoms with van der Waals surface area (Å²) in [7, 11) is 2.68. The third-order valence-electron chi connectivity index (χ3n) is 3.41. The summed E-state index contributed by atoms with van der Waals surface area (Å²) in [6.45, 7) is 3.07.